The van der Waals surface area contributed by atoms with Gasteiger partial charge in [0.15, 0.2) is 0 Å². The summed E-state index contributed by atoms with van der Waals surface area (Å²) >= 11 is 0. The van der Waals surface area contributed by atoms with E-state index in [2.05, 4.69) is 29.4 Å². The molecule has 0 saturated carbocycles. The largest absolute Gasteiger partial charge is 0.489 e. The summed E-state index contributed by atoms with van der Waals surface area (Å²) in [5.41, 5.74) is 6.07. The summed E-state index contributed by atoms with van der Waals surface area (Å²) in [4.78, 5) is 37.7. The Kier molecular flexibility index (Phi) is 5.55. The van der Waals surface area contributed by atoms with Gasteiger partial charge in [-0.25, -0.2) is 0 Å². The number of nitro benzene ring substituents is 1. The van der Waals surface area contributed by atoms with Gasteiger partial charge in [-0.1, -0.05) is 48.5 Å². The lowest BCUT2D eigenvalue weighted by Crippen LogP contribution is -2.41. The molecule has 2 atom stereocenters. The zero-order chi connectivity index (χ0) is 27.4. The van der Waals surface area contributed by atoms with Crippen LogP contribution in [0.15, 0.2) is 102 Å². The van der Waals surface area contributed by atoms with Crippen LogP contribution >= 0.6 is 0 Å². The van der Waals surface area contributed by atoms with Crippen LogP contribution in [0.25, 0.3) is 0 Å². The standard InChI is InChI=1S/C32H23N3O5/c36-31-29-27-23-5-1-2-6-24(23)28(26-8-4-3-7-25(26)27)30(29)32(37)34(31)33-17-19-11-15-22(16-12-19)40-18-20-9-13-21(14-10-20)35(38)39/h1-17,27-30H,18H2/b33-17-/t27?,28?,29-,30+. The predicted octanol–water partition coefficient (Wildman–Crippen LogP) is 5.40. The van der Waals surface area contributed by atoms with Crippen LogP contribution in [0.5, 0.6) is 5.75 Å². The van der Waals surface area contributed by atoms with Gasteiger partial charge >= 0.3 is 0 Å². The van der Waals surface area contributed by atoms with E-state index in [-0.39, 0.29) is 35.9 Å². The fourth-order valence-electron chi connectivity index (χ4n) is 6.43. The lowest BCUT2D eigenvalue weighted by atomic mass is 9.55. The number of nitro groups is 1. The van der Waals surface area contributed by atoms with Gasteiger partial charge in [-0.15, -0.1) is 0 Å². The van der Waals surface area contributed by atoms with Crippen LogP contribution in [0, 0.1) is 22.0 Å². The Morgan fingerprint density at radius 3 is 1.73 bits per heavy atom. The van der Waals surface area contributed by atoms with Crippen LogP contribution in [0.1, 0.15) is 45.2 Å². The third-order valence-corrected chi connectivity index (χ3v) is 8.18. The van der Waals surface area contributed by atoms with Gasteiger partial charge in [0.25, 0.3) is 17.5 Å². The second-order valence-electron chi connectivity index (χ2n) is 10.3. The second-order valence-corrected chi connectivity index (χ2v) is 10.3. The molecule has 4 aliphatic rings. The van der Waals surface area contributed by atoms with E-state index in [1.165, 1.54) is 18.3 Å². The van der Waals surface area contributed by atoms with Crippen molar-refractivity contribution in [1.29, 1.82) is 0 Å². The predicted molar refractivity (Wildman–Crippen MR) is 147 cm³/mol. The van der Waals surface area contributed by atoms with E-state index in [1.807, 2.05) is 24.3 Å². The van der Waals surface area contributed by atoms with Gasteiger partial charge in [-0.3, -0.25) is 19.7 Å². The van der Waals surface area contributed by atoms with Gasteiger partial charge < -0.3 is 4.74 Å². The number of hydrazone groups is 1. The topological polar surface area (TPSA) is 102 Å². The Bertz CT molecular complexity index is 1580. The van der Waals surface area contributed by atoms with Crippen molar-refractivity contribution < 1.29 is 19.2 Å². The highest BCUT2D eigenvalue weighted by molar-refractivity contribution is 6.08. The maximum absolute atomic E-state index is 13.6. The number of hydrogen-bond acceptors (Lipinski definition) is 6. The van der Waals surface area contributed by atoms with Crippen molar-refractivity contribution in [3.63, 3.8) is 0 Å². The number of carbonyl (C=O) groups excluding carboxylic acids is 2. The van der Waals surface area contributed by atoms with Crippen molar-refractivity contribution >= 4 is 23.7 Å². The van der Waals surface area contributed by atoms with E-state index in [4.69, 9.17) is 4.74 Å². The fraction of sp³-hybridized carbons (Fsp3) is 0.156. The third kappa shape index (κ3) is 3.71. The van der Waals surface area contributed by atoms with Gasteiger partial charge in [0.05, 0.1) is 23.0 Å². The van der Waals surface area contributed by atoms with Crippen LogP contribution in [-0.4, -0.2) is 28.0 Å². The minimum Gasteiger partial charge on any atom is -0.489 e. The van der Waals surface area contributed by atoms with Gasteiger partial charge in [0, 0.05) is 24.0 Å². The van der Waals surface area contributed by atoms with Crippen molar-refractivity contribution in [1.82, 2.24) is 5.01 Å². The summed E-state index contributed by atoms with van der Waals surface area (Å²) in [6.45, 7) is 0.262. The molecule has 4 aromatic carbocycles. The molecular weight excluding hydrogens is 506 g/mol. The SMILES string of the molecule is O=C1[C@@H]2C3c4ccccc4C(c4ccccc43)[C@@H]2C(=O)N1/N=C\c1ccc(OCc2ccc([N+](=O)[O-])cc2)cc1. The molecule has 0 aromatic heterocycles. The number of rotatable bonds is 6. The number of hydrogen-bond donors (Lipinski definition) is 0. The summed E-state index contributed by atoms with van der Waals surface area (Å²) < 4.78 is 5.78. The molecule has 2 amide bonds. The Morgan fingerprint density at radius 2 is 1.25 bits per heavy atom. The van der Waals surface area contributed by atoms with E-state index in [1.54, 1.807) is 36.4 Å². The van der Waals surface area contributed by atoms with Crippen LogP contribution in [0.3, 0.4) is 0 Å². The maximum atomic E-state index is 13.6. The molecule has 196 valence electrons. The van der Waals surface area contributed by atoms with Crippen LogP contribution in [0.4, 0.5) is 5.69 Å². The maximum Gasteiger partial charge on any atom is 0.269 e. The zero-order valence-corrected chi connectivity index (χ0v) is 21.2. The fourth-order valence-corrected chi connectivity index (χ4v) is 6.43. The first-order chi connectivity index (χ1) is 19.5. The smallest absolute Gasteiger partial charge is 0.269 e. The third-order valence-electron chi connectivity index (χ3n) is 8.18. The summed E-state index contributed by atoms with van der Waals surface area (Å²) in [6.07, 6.45) is 1.52. The van der Waals surface area contributed by atoms with Crippen molar-refractivity contribution in [2.24, 2.45) is 16.9 Å². The minimum atomic E-state index is -0.463. The molecule has 1 aliphatic heterocycles. The lowest BCUT2D eigenvalue weighted by molar-refractivity contribution is -0.384. The number of nitrogens with zero attached hydrogens (tertiary/aromatic N) is 3. The zero-order valence-electron chi connectivity index (χ0n) is 21.2. The number of benzene rings is 4. The molecule has 8 heteroatoms. The molecule has 8 rings (SSSR count). The second kappa shape index (κ2) is 9.27. The van der Waals surface area contributed by atoms with E-state index >= 15 is 0 Å². The number of imide groups is 1. The first-order valence-electron chi connectivity index (χ1n) is 13.1. The highest BCUT2D eigenvalue weighted by atomic mass is 16.6. The first kappa shape index (κ1) is 24.0. The van der Waals surface area contributed by atoms with Gasteiger partial charge in [-0.2, -0.15) is 10.1 Å². The molecule has 1 heterocycles. The van der Waals surface area contributed by atoms with E-state index in [0.29, 0.717) is 11.3 Å². The molecule has 0 unspecified atom stereocenters. The average molecular weight is 530 g/mol. The van der Waals surface area contributed by atoms with E-state index in [0.717, 1.165) is 32.8 Å². The Hall–Kier alpha value is -5.11. The van der Waals surface area contributed by atoms with Crippen molar-refractivity contribution in [3.8, 4) is 5.75 Å². The van der Waals surface area contributed by atoms with Crippen LogP contribution in [-0.2, 0) is 16.2 Å². The first-order valence-corrected chi connectivity index (χ1v) is 13.1. The van der Waals surface area contributed by atoms with Gasteiger partial charge in [0.2, 0.25) is 0 Å². The molecule has 0 radical (unpaired) electrons. The quantitative estimate of drug-likeness (QED) is 0.144. The van der Waals surface area contributed by atoms with Gasteiger partial charge in [0.1, 0.15) is 12.4 Å². The van der Waals surface area contributed by atoms with Crippen molar-refractivity contribution in [3.05, 3.63) is 141 Å². The normalized spacial score (nSPS) is 22.2. The monoisotopic (exact) mass is 529 g/mol. The summed E-state index contributed by atoms with van der Waals surface area (Å²) in [5, 5.41) is 16.2. The lowest BCUT2D eigenvalue weighted by Gasteiger charge is -2.45. The Balaban J connectivity index is 1.09. The number of amides is 2. The highest BCUT2D eigenvalue weighted by Crippen LogP contribution is 2.60. The van der Waals surface area contributed by atoms with Crippen LogP contribution in [0.2, 0.25) is 0 Å². The summed E-state index contributed by atoms with van der Waals surface area (Å²) in [7, 11) is 0. The molecule has 0 spiro atoms. The molecule has 1 fully saturated rings. The molecule has 4 aromatic rings. The van der Waals surface area contributed by atoms with E-state index in [9.17, 15) is 19.7 Å². The summed E-state index contributed by atoms with van der Waals surface area (Å²) in [5.74, 6) is -1.15. The van der Waals surface area contributed by atoms with Crippen LogP contribution < -0.4 is 4.74 Å². The molecule has 3 aliphatic carbocycles. The molecule has 1 saturated heterocycles. The van der Waals surface area contributed by atoms with Crippen molar-refractivity contribution in [2.75, 3.05) is 0 Å². The molecule has 2 bridgehead atoms. The number of carbonyl (C=O) groups is 2. The molecule has 8 nitrogen and oxygen atoms in total. The Morgan fingerprint density at radius 1 is 0.750 bits per heavy atom. The highest BCUT2D eigenvalue weighted by Gasteiger charge is 2.61. The molecule has 0 N–H and O–H groups in total. The van der Waals surface area contributed by atoms with Crippen molar-refractivity contribution in [2.45, 2.75) is 18.4 Å². The average Bonchev–Trinajstić information content (AvgIpc) is 3.25. The summed E-state index contributed by atoms with van der Waals surface area (Å²) in [6, 6.07) is 29.6. The number of ether oxygens (including phenoxy) is 1. The minimum absolute atomic E-state index is 0.0309. The molecular formula is C32H23N3O5. The number of non-ortho nitro benzene ring substituents is 1. The Labute approximate surface area is 229 Å². The van der Waals surface area contributed by atoms with Gasteiger partial charge in [-0.05, 0) is 69.8 Å². The molecule has 40 heavy (non-hydrogen) atoms. The van der Waals surface area contributed by atoms with E-state index < -0.39 is 16.8 Å².